The fourth-order valence-corrected chi connectivity index (χ4v) is 4.35. The van der Waals surface area contributed by atoms with E-state index in [1.165, 1.54) is 4.90 Å². The highest BCUT2D eigenvalue weighted by atomic mass is 127. The number of thioether (sulfide) groups is 1. The van der Waals surface area contributed by atoms with Crippen molar-refractivity contribution < 1.29 is 9.21 Å². The van der Waals surface area contributed by atoms with E-state index in [2.05, 4.69) is 39.8 Å². The summed E-state index contributed by atoms with van der Waals surface area (Å²) in [6.07, 6.45) is 5.16. The number of hydrogen-bond acceptors (Lipinski definition) is 4. The van der Waals surface area contributed by atoms with E-state index in [1.54, 1.807) is 13.3 Å². The first-order valence-electron chi connectivity index (χ1n) is 10.7. The Hall–Kier alpha value is -1.68. The molecule has 170 valence electrons. The van der Waals surface area contributed by atoms with Crippen LogP contribution >= 0.6 is 35.7 Å². The first kappa shape index (κ1) is 25.6. The van der Waals surface area contributed by atoms with E-state index in [-0.39, 0.29) is 29.9 Å². The lowest BCUT2D eigenvalue weighted by Gasteiger charge is -2.34. The van der Waals surface area contributed by atoms with Gasteiger partial charge in [0, 0.05) is 56.7 Å². The Labute approximate surface area is 206 Å². The highest BCUT2D eigenvalue weighted by molar-refractivity contribution is 14.0. The molecule has 1 aliphatic heterocycles. The van der Waals surface area contributed by atoms with Gasteiger partial charge >= 0.3 is 0 Å². The summed E-state index contributed by atoms with van der Waals surface area (Å²) in [5.41, 5.74) is 0. The lowest BCUT2D eigenvalue weighted by molar-refractivity contribution is -0.121. The summed E-state index contributed by atoms with van der Waals surface area (Å²) < 4.78 is 5.43. The monoisotopic (exact) mass is 556 g/mol. The first-order chi connectivity index (χ1) is 14.7. The Bertz CT molecular complexity index is 778. The van der Waals surface area contributed by atoms with Gasteiger partial charge in [-0.15, -0.1) is 35.7 Å². The van der Waals surface area contributed by atoms with Crippen LogP contribution < -0.4 is 10.6 Å². The van der Waals surface area contributed by atoms with Gasteiger partial charge in [0.25, 0.3) is 0 Å². The van der Waals surface area contributed by atoms with Crippen molar-refractivity contribution in [3.8, 4) is 0 Å². The van der Waals surface area contributed by atoms with Crippen LogP contribution in [0.4, 0.5) is 0 Å². The minimum atomic E-state index is 0. The SMILES string of the molecule is CNC(=O)CC1CCN(C(=NCCc2ccco2)NCCSc2ccccc2)CC1.I. The second-order valence-corrected chi connectivity index (χ2v) is 8.60. The van der Waals surface area contributed by atoms with E-state index in [4.69, 9.17) is 9.41 Å². The van der Waals surface area contributed by atoms with Crippen molar-refractivity contribution >= 4 is 47.6 Å². The molecule has 1 fully saturated rings. The van der Waals surface area contributed by atoms with Crippen LogP contribution in [0.15, 0.2) is 63.0 Å². The van der Waals surface area contributed by atoms with Gasteiger partial charge in [0.05, 0.1) is 6.26 Å². The third kappa shape index (κ3) is 9.14. The van der Waals surface area contributed by atoms with Crippen molar-refractivity contribution in [1.82, 2.24) is 15.5 Å². The number of halogens is 1. The maximum Gasteiger partial charge on any atom is 0.220 e. The van der Waals surface area contributed by atoms with E-state index in [0.29, 0.717) is 18.9 Å². The molecule has 0 unspecified atom stereocenters. The Balaban J connectivity index is 0.00000341. The zero-order valence-electron chi connectivity index (χ0n) is 18.1. The third-order valence-corrected chi connectivity index (χ3v) is 6.28. The number of aliphatic imine (C=N–C) groups is 1. The Morgan fingerprint density at radius 1 is 1.19 bits per heavy atom. The zero-order valence-corrected chi connectivity index (χ0v) is 21.2. The molecule has 0 bridgehead atoms. The van der Waals surface area contributed by atoms with Gasteiger partial charge in [-0.2, -0.15) is 0 Å². The number of rotatable bonds is 9. The van der Waals surface area contributed by atoms with Crippen molar-refractivity contribution in [2.24, 2.45) is 10.9 Å². The Morgan fingerprint density at radius 3 is 2.65 bits per heavy atom. The summed E-state index contributed by atoms with van der Waals surface area (Å²) in [5, 5.41) is 6.29. The van der Waals surface area contributed by atoms with E-state index in [0.717, 1.165) is 56.4 Å². The third-order valence-electron chi connectivity index (χ3n) is 5.26. The van der Waals surface area contributed by atoms with Crippen molar-refractivity contribution in [3.05, 3.63) is 54.5 Å². The van der Waals surface area contributed by atoms with Gasteiger partial charge in [0.2, 0.25) is 5.91 Å². The fraction of sp³-hybridized carbons (Fsp3) is 0.478. The molecule has 2 heterocycles. The van der Waals surface area contributed by atoms with E-state index < -0.39 is 0 Å². The molecule has 1 amide bonds. The van der Waals surface area contributed by atoms with Gasteiger partial charge in [0.1, 0.15) is 5.76 Å². The number of guanidine groups is 1. The number of nitrogens with zero attached hydrogens (tertiary/aromatic N) is 2. The molecular weight excluding hydrogens is 523 g/mol. The number of carbonyl (C=O) groups excluding carboxylic acids is 1. The van der Waals surface area contributed by atoms with E-state index in [1.807, 2.05) is 30.0 Å². The average molecular weight is 557 g/mol. The van der Waals surface area contributed by atoms with Crippen LogP contribution in [0.1, 0.15) is 25.0 Å². The second-order valence-electron chi connectivity index (χ2n) is 7.43. The highest BCUT2D eigenvalue weighted by Crippen LogP contribution is 2.21. The summed E-state index contributed by atoms with van der Waals surface area (Å²) in [6, 6.07) is 14.4. The molecule has 1 aromatic heterocycles. The maximum atomic E-state index is 11.7. The van der Waals surface area contributed by atoms with Crippen LogP contribution in [0.25, 0.3) is 0 Å². The molecule has 1 aliphatic rings. The summed E-state index contributed by atoms with van der Waals surface area (Å²) in [7, 11) is 1.71. The molecular formula is C23H33IN4O2S. The summed E-state index contributed by atoms with van der Waals surface area (Å²) >= 11 is 1.85. The number of benzene rings is 1. The molecule has 0 aliphatic carbocycles. The van der Waals surface area contributed by atoms with Crippen LogP contribution in [0, 0.1) is 5.92 Å². The van der Waals surface area contributed by atoms with Crippen LogP contribution in [0.5, 0.6) is 0 Å². The van der Waals surface area contributed by atoms with Crippen molar-refractivity contribution in [2.75, 3.05) is 39.0 Å². The van der Waals surface area contributed by atoms with Crippen LogP contribution in [-0.2, 0) is 11.2 Å². The van der Waals surface area contributed by atoms with E-state index >= 15 is 0 Å². The largest absolute Gasteiger partial charge is 0.469 e. The number of hydrogen-bond donors (Lipinski definition) is 2. The molecule has 0 atom stereocenters. The lowest BCUT2D eigenvalue weighted by atomic mass is 9.93. The fourth-order valence-electron chi connectivity index (χ4n) is 3.56. The molecule has 1 aromatic carbocycles. The molecule has 1 saturated heterocycles. The smallest absolute Gasteiger partial charge is 0.220 e. The van der Waals surface area contributed by atoms with Crippen molar-refractivity contribution in [1.29, 1.82) is 0 Å². The van der Waals surface area contributed by atoms with Gasteiger partial charge < -0.3 is 20.0 Å². The van der Waals surface area contributed by atoms with Gasteiger partial charge in [-0.05, 0) is 43.0 Å². The molecule has 3 rings (SSSR count). The number of amides is 1. The number of furan rings is 1. The highest BCUT2D eigenvalue weighted by Gasteiger charge is 2.23. The summed E-state index contributed by atoms with van der Waals surface area (Å²) in [6.45, 7) is 3.41. The quantitative estimate of drug-likeness (QED) is 0.161. The molecule has 0 saturated carbocycles. The minimum Gasteiger partial charge on any atom is -0.469 e. The standard InChI is InChI=1S/C23H32N4O2S.HI/c1-24-22(28)18-19-10-14-27(15-11-19)23(25-12-9-20-6-5-16-29-20)26-13-17-30-21-7-3-2-4-8-21;/h2-8,16,19H,9-15,17-18H2,1H3,(H,24,28)(H,25,26);1H. The topological polar surface area (TPSA) is 69.9 Å². The lowest BCUT2D eigenvalue weighted by Crippen LogP contribution is -2.46. The molecule has 2 N–H and O–H groups in total. The van der Waals surface area contributed by atoms with Crippen LogP contribution in [0.3, 0.4) is 0 Å². The van der Waals surface area contributed by atoms with Crippen LogP contribution in [0.2, 0.25) is 0 Å². The summed E-state index contributed by atoms with van der Waals surface area (Å²) in [4.78, 5) is 20.1. The first-order valence-corrected chi connectivity index (χ1v) is 11.7. The summed E-state index contributed by atoms with van der Waals surface area (Å²) in [5.74, 6) is 3.50. The number of nitrogens with one attached hydrogen (secondary N) is 2. The maximum absolute atomic E-state index is 11.7. The van der Waals surface area contributed by atoms with Gasteiger partial charge in [-0.3, -0.25) is 9.79 Å². The second kappa shape index (κ2) is 14.4. The van der Waals surface area contributed by atoms with Gasteiger partial charge in [-0.25, -0.2) is 0 Å². The van der Waals surface area contributed by atoms with E-state index in [9.17, 15) is 4.79 Å². The molecule has 0 spiro atoms. The number of likely N-dealkylation sites (tertiary alicyclic amines) is 1. The Kier molecular flexibility index (Phi) is 11.9. The minimum absolute atomic E-state index is 0. The number of carbonyl (C=O) groups is 1. The molecule has 0 radical (unpaired) electrons. The molecule has 6 nitrogen and oxygen atoms in total. The van der Waals surface area contributed by atoms with Crippen molar-refractivity contribution in [3.63, 3.8) is 0 Å². The van der Waals surface area contributed by atoms with Crippen molar-refractivity contribution in [2.45, 2.75) is 30.6 Å². The molecule has 31 heavy (non-hydrogen) atoms. The molecule has 8 heteroatoms. The predicted octanol–water partition coefficient (Wildman–Crippen LogP) is 4.03. The predicted molar refractivity (Wildman–Crippen MR) is 138 cm³/mol. The van der Waals surface area contributed by atoms with Gasteiger partial charge in [-0.1, -0.05) is 18.2 Å². The molecule has 2 aromatic rings. The average Bonchev–Trinajstić information content (AvgIpc) is 3.30. The van der Waals surface area contributed by atoms with Gasteiger partial charge in [0.15, 0.2) is 5.96 Å². The van der Waals surface area contributed by atoms with Crippen LogP contribution in [-0.4, -0.2) is 55.7 Å². The number of piperidine rings is 1. The Morgan fingerprint density at radius 2 is 1.97 bits per heavy atom. The normalized spacial score (nSPS) is 14.7. The zero-order chi connectivity index (χ0) is 21.0.